The maximum Gasteiger partial charge on any atom is 0.254 e. The minimum absolute atomic E-state index is 0.0350. The average Bonchev–Trinajstić information content (AvgIpc) is 3.01. The largest absolute Gasteiger partial charge is 0.373 e. The summed E-state index contributed by atoms with van der Waals surface area (Å²) in [6.45, 7) is 1.54. The first-order chi connectivity index (χ1) is 13.2. The minimum atomic E-state index is -0.137. The van der Waals surface area contributed by atoms with Gasteiger partial charge in [-0.25, -0.2) is 4.98 Å². The summed E-state index contributed by atoms with van der Waals surface area (Å²) in [5, 5.41) is 2.96. The summed E-state index contributed by atoms with van der Waals surface area (Å²) in [6.07, 6.45) is 5.13. The van der Waals surface area contributed by atoms with Crippen molar-refractivity contribution in [2.45, 2.75) is 25.4 Å². The summed E-state index contributed by atoms with van der Waals surface area (Å²) >= 11 is 0. The normalized spacial score (nSPS) is 21.9. The third-order valence-electron chi connectivity index (χ3n) is 5.40. The molecule has 0 radical (unpaired) electrons. The smallest absolute Gasteiger partial charge is 0.254 e. The molecule has 0 aliphatic carbocycles. The molecule has 5 rings (SSSR count). The van der Waals surface area contributed by atoms with Crippen LogP contribution in [0.5, 0.6) is 0 Å². The molecule has 2 aromatic rings. The van der Waals surface area contributed by atoms with Gasteiger partial charge >= 0.3 is 0 Å². The van der Waals surface area contributed by atoms with Gasteiger partial charge in [-0.15, -0.1) is 0 Å². The lowest BCUT2D eigenvalue weighted by atomic mass is 9.94. The molecule has 27 heavy (non-hydrogen) atoms. The molecule has 3 aliphatic rings. The quantitative estimate of drug-likeness (QED) is 0.894. The zero-order chi connectivity index (χ0) is 18.8. The molecular formula is C20H23N5O2. The van der Waals surface area contributed by atoms with E-state index in [1.54, 1.807) is 31.6 Å². The van der Waals surface area contributed by atoms with Crippen molar-refractivity contribution in [1.29, 1.82) is 0 Å². The van der Waals surface area contributed by atoms with Crippen LogP contribution >= 0.6 is 0 Å². The van der Waals surface area contributed by atoms with Gasteiger partial charge in [-0.2, -0.15) is 0 Å². The fourth-order valence-electron chi connectivity index (χ4n) is 3.96. The van der Waals surface area contributed by atoms with Gasteiger partial charge in [0.05, 0.1) is 18.2 Å². The second-order valence-corrected chi connectivity index (χ2v) is 7.11. The van der Waals surface area contributed by atoms with Crippen LogP contribution in [0.1, 0.15) is 28.9 Å². The Kier molecular flexibility index (Phi) is 4.75. The molecular weight excluding hydrogens is 342 g/mol. The molecule has 5 heterocycles. The van der Waals surface area contributed by atoms with Crippen LogP contribution in [0.2, 0.25) is 0 Å². The van der Waals surface area contributed by atoms with Crippen LogP contribution in [0.25, 0.3) is 0 Å². The Morgan fingerprint density at radius 2 is 2.07 bits per heavy atom. The van der Waals surface area contributed by atoms with Crippen molar-refractivity contribution in [2.75, 3.05) is 25.5 Å². The summed E-state index contributed by atoms with van der Waals surface area (Å²) in [7, 11) is 1.77. The first kappa shape index (κ1) is 17.5. The Balaban J connectivity index is 1.55. The van der Waals surface area contributed by atoms with Gasteiger partial charge in [0.15, 0.2) is 0 Å². The van der Waals surface area contributed by atoms with Crippen molar-refractivity contribution in [3.8, 4) is 0 Å². The van der Waals surface area contributed by atoms with Gasteiger partial charge in [0.2, 0.25) is 5.91 Å². The standard InChI is InChI=1S/C20H23N5O2/c1-21-18-10-14(7-9-23-18)19(26)24-11-15-5-6-17(13-24)25(20(15)27)12-16-4-2-3-8-22-16/h2-4,7-10,15,17H,5-6,11-13H2,1H3,(H,21,23)/t15-,17+/m1/s1. The maximum atomic E-state index is 13.0. The van der Waals surface area contributed by atoms with E-state index in [-0.39, 0.29) is 23.8 Å². The summed E-state index contributed by atoms with van der Waals surface area (Å²) in [4.78, 5) is 38.3. The highest BCUT2D eigenvalue weighted by Crippen LogP contribution is 2.31. The lowest BCUT2D eigenvalue weighted by molar-refractivity contribution is -0.140. The van der Waals surface area contributed by atoms with Gasteiger partial charge in [0.1, 0.15) is 5.82 Å². The zero-order valence-electron chi connectivity index (χ0n) is 15.3. The molecule has 1 N–H and O–H groups in total. The van der Waals surface area contributed by atoms with Gasteiger partial charge in [-0.05, 0) is 37.1 Å². The van der Waals surface area contributed by atoms with Crippen LogP contribution < -0.4 is 5.32 Å². The molecule has 0 spiro atoms. The first-order valence-electron chi connectivity index (χ1n) is 9.29. The molecule has 0 unspecified atom stereocenters. The number of nitrogens with one attached hydrogen (secondary N) is 1. The number of pyridine rings is 2. The highest BCUT2D eigenvalue weighted by atomic mass is 16.2. The van der Waals surface area contributed by atoms with Crippen molar-refractivity contribution in [3.05, 3.63) is 54.0 Å². The van der Waals surface area contributed by atoms with E-state index in [0.29, 0.717) is 31.0 Å². The monoisotopic (exact) mass is 365 g/mol. The second-order valence-electron chi connectivity index (χ2n) is 7.11. The van der Waals surface area contributed by atoms with E-state index in [9.17, 15) is 9.59 Å². The molecule has 3 fully saturated rings. The van der Waals surface area contributed by atoms with E-state index >= 15 is 0 Å². The molecule has 7 heteroatoms. The SMILES string of the molecule is CNc1cc(C(=O)N2C[C@H]3CC[C@@H](C2)N(Cc2ccccn2)C3=O)ccn1. The molecule has 3 aliphatic heterocycles. The fourth-order valence-corrected chi connectivity index (χ4v) is 3.96. The topological polar surface area (TPSA) is 78.4 Å². The summed E-state index contributed by atoms with van der Waals surface area (Å²) < 4.78 is 0. The van der Waals surface area contributed by atoms with Crippen molar-refractivity contribution in [1.82, 2.24) is 19.8 Å². The van der Waals surface area contributed by atoms with E-state index in [1.165, 1.54) is 0 Å². The van der Waals surface area contributed by atoms with Gasteiger partial charge in [0, 0.05) is 44.1 Å². The summed E-state index contributed by atoms with van der Waals surface area (Å²) in [5.74, 6) is 0.615. The lowest BCUT2D eigenvalue weighted by Crippen LogP contribution is -2.47. The predicted molar refractivity (Wildman–Crippen MR) is 101 cm³/mol. The van der Waals surface area contributed by atoms with Crippen molar-refractivity contribution >= 4 is 17.6 Å². The number of fused-ring (bicyclic) bond motifs is 4. The van der Waals surface area contributed by atoms with Crippen LogP contribution in [0.15, 0.2) is 42.7 Å². The van der Waals surface area contributed by atoms with E-state index in [4.69, 9.17) is 0 Å². The average molecular weight is 365 g/mol. The van der Waals surface area contributed by atoms with Gasteiger partial charge in [-0.3, -0.25) is 14.6 Å². The number of hydrogen-bond acceptors (Lipinski definition) is 5. The number of nitrogens with zero attached hydrogens (tertiary/aromatic N) is 4. The Morgan fingerprint density at radius 1 is 1.19 bits per heavy atom. The molecule has 2 amide bonds. The number of piperidine rings is 1. The molecule has 3 saturated heterocycles. The first-order valence-corrected chi connectivity index (χ1v) is 9.29. The number of hydrogen-bond donors (Lipinski definition) is 1. The van der Waals surface area contributed by atoms with Crippen molar-refractivity contribution in [2.24, 2.45) is 5.92 Å². The minimum Gasteiger partial charge on any atom is -0.373 e. The fraction of sp³-hybridized carbons (Fsp3) is 0.400. The Bertz CT molecular complexity index is 841. The van der Waals surface area contributed by atoms with Crippen LogP contribution in [0, 0.1) is 5.92 Å². The van der Waals surface area contributed by atoms with E-state index < -0.39 is 0 Å². The highest BCUT2D eigenvalue weighted by Gasteiger charge is 2.42. The second kappa shape index (κ2) is 7.34. The van der Waals surface area contributed by atoms with E-state index in [1.807, 2.05) is 28.0 Å². The number of aromatic nitrogens is 2. The number of rotatable bonds is 4. The zero-order valence-corrected chi connectivity index (χ0v) is 15.3. The summed E-state index contributed by atoms with van der Waals surface area (Å²) in [6, 6.07) is 9.25. The third-order valence-corrected chi connectivity index (χ3v) is 5.40. The van der Waals surface area contributed by atoms with Crippen molar-refractivity contribution < 1.29 is 9.59 Å². The van der Waals surface area contributed by atoms with Gasteiger partial charge < -0.3 is 15.1 Å². The molecule has 0 aromatic carbocycles. The van der Waals surface area contributed by atoms with Crippen molar-refractivity contribution in [3.63, 3.8) is 0 Å². The molecule has 2 bridgehead atoms. The third kappa shape index (κ3) is 3.49. The van der Waals surface area contributed by atoms with Crippen LogP contribution in [0.3, 0.4) is 0 Å². The molecule has 2 aromatic heterocycles. The summed E-state index contributed by atoms with van der Waals surface area (Å²) in [5.41, 5.74) is 1.48. The molecule has 7 nitrogen and oxygen atoms in total. The molecule has 2 atom stereocenters. The highest BCUT2D eigenvalue weighted by molar-refractivity contribution is 5.95. The molecule has 0 saturated carbocycles. The maximum absolute atomic E-state index is 13.0. The Hall–Kier alpha value is -2.96. The van der Waals surface area contributed by atoms with Gasteiger partial charge in [0.25, 0.3) is 5.91 Å². The number of anilines is 1. The number of amides is 2. The number of carbonyl (C=O) groups is 2. The predicted octanol–water partition coefficient (Wildman–Crippen LogP) is 1.78. The van der Waals surface area contributed by atoms with Crippen LogP contribution in [0.4, 0.5) is 5.82 Å². The Morgan fingerprint density at radius 3 is 2.85 bits per heavy atom. The van der Waals surface area contributed by atoms with Gasteiger partial charge in [-0.1, -0.05) is 6.07 Å². The van der Waals surface area contributed by atoms with E-state index in [0.717, 1.165) is 18.5 Å². The van der Waals surface area contributed by atoms with E-state index in [2.05, 4.69) is 15.3 Å². The Labute approximate surface area is 158 Å². The number of carbonyl (C=O) groups excluding carboxylic acids is 2. The molecule has 140 valence electrons. The van der Waals surface area contributed by atoms with Crippen LogP contribution in [-0.4, -0.2) is 57.8 Å². The lowest BCUT2D eigenvalue weighted by Gasteiger charge is -2.35. The van der Waals surface area contributed by atoms with Crippen LogP contribution in [-0.2, 0) is 11.3 Å².